The van der Waals surface area contributed by atoms with Gasteiger partial charge < -0.3 is 5.11 Å². The van der Waals surface area contributed by atoms with Gasteiger partial charge in [0.25, 0.3) is 0 Å². The van der Waals surface area contributed by atoms with Crippen LogP contribution in [0.3, 0.4) is 0 Å². The number of sulfonamides is 1. The Balaban J connectivity index is 2.65. The van der Waals surface area contributed by atoms with Crippen LogP contribution in [0, 0.1) is 11.8 Å². The zero-order chi connectivity index (χ0) is 15.7. The minimum absolute atomic E-state index is 0.0610. The van der Waals surface area contributed by atoms with Crippen molar-refractivity contribution in [1.29, 1.82) is 0 Å². The fraction of sp³-hybridized carbons (Fsp3) is 0.500. The third-order valence-corrected chi connectivity index (χ3v) is 4.94. The third kappa shape index (κ3) is 6.30. The molecule has 0 heterocycles. The molecule has 1 N–H and O–H groups in total. The second kappa shape index (κ2) is 8.83. The molecule has 1 rings (SSSR count). The van der Waals surface area contributed by atoms with E-state index in [-0.39, 0.29) is 12.4 Å². The summed E-state index contributed by atoms with van der Waals surface area (Å²) in [7, 11) is -1.56. The molecule has 0 aliphatic rings. The Morgan fingerprint density at radius 2 is 1.90 bits per heavy atom. The van der Waals surface area contributed by atoms with Crippen LogP contribution in [0.15, 0.2) is 24.3 Å². The highest BCUT2D eigenvalue weighted by atomic mass is 32.2. The summed E-state index contributed by atoms with van der Waals surface area (Å²) in [5.41, 5.74) is 1.80. The van der Waals surface area contributed by atoms with Gasteiger partial charge in [0, 0.05) is 25.6 Å². The van der Waals surface area contributed by atoms with Crippen LogP contribution in [-0.2, 0) is 16.6 Å². The Morgan fingerprint density at radius 1 is 1.24 bits per heavy atom. The zero-order valence-electron chi connectivity index (χ0n) is 12.7. The lowest BCUT2D eigenvalue weighted by Gasteiger charge is -2.17. The van der Waals surface area contributed by atoms with Gasteiger partial charge in [-0.05, 0) is 24.1 Å². The average Bonchev–Trinajstić information content (AvgIpc) is 2.47. The topological polar surface area (TPSA) is 57.6 Å². The molecule has 1 aromatic rings. The van der Waals surface area contributed by atoms with Crippen LogP contribution >= 0.6 is 0 Å². The molecule has 116 valence electrons. The quantitative estimate of drug-likeness (QED) is 0.784. The molecular formula is C16H23NO3S. The summed E-state index contributed by atoms with van der Waals surface area (Å²) in [6, 6.07) is 7.50. The minimum Gasteiger partial charge on any atom is -0.395 e. The number of nitrogens with zero attached hydrogens (tertiary/aromatic N) is 1. The summed E-state index contributed by atoms with van der Waals surface area (Å²) in [5.74, 6) is 5.99. The molecule has 21 heavy (non-hydrogen) atoms. The van der Waals surface area contributed by atoms with Gasteiger partial charge in [-0.25, -0.2) is 12.7 Å². The Bertz CT molecular complexity index is 582. The highest BCUT2D eigenvalue weighted by Crippen LogP contribution is 2.10. The summed E-state index contributed by atoms with van der Waals surface area (Å²) >= 11 is 0. The molecule has 0 saturated carbocycles. The highest BCUT2D eigenvalue weighted by molar-refractivity contribution is 7.89. The number of hydrogen-bond acceptors (Lipinski definition) is 3. The predicted octanol–water partition coefficient (Wildman–Crippen LogP) is 1.98. The van der Waals surface area contributed by atoms with Crippen LogP contribution in [0.5, 0.6) is 0 Å². The first-order chi connectivity index (χ1) is 9.99. The molecule has 0 amide bonds. The third-order valence-electron chi connectivity index (χ3n) is 3.06. The Morgan fingerprint density at radius 3 is 2.48 bits per heavy atom. The maximum Gasteiger partial charge on any atom is 0.214 e. The van der Waals surface area contributed by atoms with E-state index in [1.54, 1.807) is 7.05 Å². The molecular weight excluding hydrogens is 286 g/mol. The van der Waals surface area contributed by atoms with Gasteiger partial charge in [-0.1, -0.05) is 37.3 Å². The lowest BCUT2D eigenvalue weighted by molar-refractivity contribution is 0.305. The van der Waals surface area contributed by atoms with Crippen molar-refractivity contribution in [2.45, 2.75) is 32.7 Å². The average molecular weight is 309 g/mol. The van der Waals surface area contributed by atoms with E-state index < -0.39 is 10.0 Å². The van der Waals surface area contributed by atoms with Crippen molar-refractivity contribution >= 4 is 10.0 Å². The largest absolute Gasteiger partial charge is 0.395 e. The predicted molar refractivity (Wildman–Crippen MR) is 85.2 cm³/mol. The number of rotatable bonds is 7. The van der Waals surface area contributed by atoms with Crippen molar-refractivity contribution in [1.82, 2.24) is 4.31 Å². The summed E-state index contributed by atoms with van der Waals surface area (Å²) in [6.07, 6.45) is 2.01. The number of aliphatic hydroxyl groups excluding tert-OH is 1. The summed E-state index contributed by atoms with van der Waals surface area (Å²) in [6.45, 7) is 2.41. The van der Waals surface area contributed by atoms with Crippen LogP contribution in [0.4, 0.5) is 0 Å². The molecule has 0 aliphatic carbocycles. The minimum atomic E-state index is -3.17. The normalized spacial score (nSPS) is 11.2. The van der Waals surface area contributed by atoms with Crippen LogP contribution in [-0.4, -0.2) is 37.2 Å². The van der Waals surface area contributed by atoms with Crippen molar-refractivity contribution in [2.24, 2.45) is 0 Å². The van der Waals surface area contributed by atoms with E-state index in [9.17, 15) is 8.42 Å². The van der Waals surface area contributed by atoms with E-state index in [1.807, 2.05) is 31.2 Å². The monoisotopic (exact) mass is 309 g/mol. The van der Waals surface area contributed by atoms with E-state index in [0.717, 1.165) is 17.5 Å². The van der Waals surface area contributed by atoms with Gasteiger partial charge in [-0.3, -0.25) is 0 Å². The van der Waals surface area contributed by atoms with Gasteiger partial charge in [0.1, 0.15) is 0 Å². The van der Waals surface area contributed by atoms with Crippen LogP contribution in [0.2, 0.25) is 0 Å². The van der Waals surface area contributed by atoms with Crippen molar-refractivity contribution in [3.8, 4) is 11.8 Å². The molecule has 0 aromatic heterocycles. The molecule has 1 aromatic carbocycles. The molecule has 0 aliphatic heterocycles. The number of benzene rings is 1. The van der Waals surface area contributed by atoms with E-state index in [4.69, 9.17) is 5.11 Å². The first-order valence-electron chi connectivity index (χ1n) is 7.12. The molecule has 0 radical (unpaired) electrons. The summed E-state index contributed by atoms with van der Waals surface area (Å²) in [5, 5.41) is 8.66. The maximum absolute atomic E-state index is 12.0. The second-order valence-corrected chi connectivity index (χ2v) is 7.09. The van der Waals surface area contributed by atoms with E-state index >= 15 is 0 Å². The fourth-order valence-electron chi connectivity index (χ4n) is 1.75. The highest BCUT2D eigenvalue weighted by Gasteiger charge is 2.16. The van der Waals surface area contributed by atoms with E-state index in [2.05, 4.69) is 11.8 Å². The number of hydrogen-bond donors (Lipinski definition) is 1. The molecule has 0 bridgehead atoms. The number of unbranched alkanes of at least 4 members (excludes halogenated alkanes) is 1. The van der Waals surface area contributed by atoms with Crippen molar-refractivity contribution < 1.29 is 13.5 Å². The van der Waals surface area contributed by atoms with E-state index in [0.29, 0.717) is 19.4 Å². The lowest BCUT2D eigenvalue weighted by atomic mass is 10.1. The van der Waals surface area contributed by atoms with Crippen molar-refractivity contribution in [3.05, 3.63) is 35.4 Å². The van der Waals surface area contributed by atoms with Crippen LogP contribution in [0.25, 0.3) is 0 Å². The van der Waals surface area contributed by atoms with Gasteiger partial charge in [-0.15, -0.1) is 0 Å². The smallest absolute Gasteiger partial charge is 0.214 e. The molecule has 0 fully saturated rings. The van der Waals surface area contributed by atoms with Crippen LogP contribution in [0.1, 0.15) is 37.3 Å². The molecule has 0 unspecified atom stereocenters. The van der Waals surface area contributed by atoms with Gasteiger partial charge in [0.15, 0.2) is 0 Å². The molecule has 0 spiro atoms. The summed E-state index contributed by atoms with van der Waals surface area (Å²) in [4.78, 5) is 0. The van der Waals surface area contributed by atoms with Gasteiger partial charge >= 0.3 is 0 Å². The second-order valence-electron chi connectivity index (χ2n) is 4.90. The Kier molecular flexibility index (Phi) is 7.44. The molecule has 0 atom stereocenters. The van der Waals surface area contributed by atoms with E-state index in [1.165, 1.54) is 4.31 Å². The lowest BCUT2D eigenvalue weighted by Crippen LogP contribution is -2.28. The van der Waals surface area contributed by atoms with Gasteiger partial charge in [-0.2, -0.15) is 0 Å². The first-order valence-corrected chi connectivity index (χ1v) is 8.73. The van der Waals surface area contributed by atoms with Crippen LogP contribution < -0.4 is 0 Å². The van der Waals surface area contributed by atoms with Crippen molar-refractivity contribution in [2.75, 3.05) is 19.4 Å². The Hall–Kier alpha value is -1.35. The van der Waals surface area contributed by atoms with Gasteiger partial charge in [0.2, 0.25) is 10.0 Å². The molecule has 4 nitrogen and oxygen atoms in total. The maximum atomic E-state index is 12.0. The fourth-order valence-corrected chi connectivity index (χ4v) is 3.06. The Labute approximate surface area is 127 Å². The number of aliphatic hydroxyl groups is 1. The molecule has 5 heteroatoms. The molecule has 0 saturated heterocycles. The summed E-state index contributed by atoms with van der Waals surface area (Å²) < 4.78 is 25.4. The first kappa shape index (κ1) is 17.7. The standard InChI is InChI=1S/C16H23NO3S/c1-3-4-13-21(19,20)17(2)14-16-10-8-15(9-11-16)7-5-6-12-18/h8-11,18H,3-4,6,12-14H2,1-2H3. The van der Waals surface area contributed by atoms with Crippen molar-refractivity contribution in [3.63, 3.8) is 0 Å². The SMILES string of the molecule is CCCCS(=O)(=O)N(C)Cc1ccc(C#CCCO)cc1. The zero-order valence-corrected chi connectivity index (χ0v) is 13.5. The van der Waals surface area contributed by atoms with Gasteiger partial charge in [0.05, 0.1) is 12.4 Å².